The Hall–Kier alpha value is -2.33. The van der Waals surface area contributed by atoms with Crippen LogP contribution in [0.2, 0.25) is 5.02 Å². The van der Waals surface area contributed by atoms with E-state index >= 15 is 0 Å². The van der Waals surface area contributed by atoms with Gasteiger partial charge >= 0.3 is 0 Å². The molecular weight excluding hydrogens is 334 g/mol. The molecule has 25 heavy (non-hydrogen) atoms. The molecule has 1 amide bonds. The first-order valence-electron chi connectivity index (χ1n) is 8.67. The summed E-state index contributed by atoms with van der Waals surface area (Å²) in [5, 5.41) is 3.52. The Morgan fingerprint density at radius 3 is 2.84 bits per heavy atom. The van der Waals surface area contributed by atoms with Crippen LogP contribution in [-0.4, -0.2) is 22.0 Å². The molecule has 0 aliphatic heterocycles. The lowest BCUT2D eigenvalue weighted by molar-refractivity contribution is 0.0953. The molecule has 1 heterocycles. The third-order valence-corrected chi connectivity index (χ3v) is 4.37. The van der Waals surface area contributed by atoms with Crippen molar-refractivity contribution in [1.82, 2.24) is 14.9 Å². The molecule has 0 aliphatic carbocycles. The number of nitrogens with one attached hydrogen (secondary N) is 1. The molecule has 1 N–H and O–H groups in total. The molecule has 0 atom stereocenters. The van der Waals surface area contributed by atoms with Crippen LogP contribution in [0.5, 0.6) is 0 Å². The molecule has 0 fully saturated rings. The quantitative estimate of drug-likeness (QED) is 0.636. The maximum Gasteiger partial charge on any atom is 0.251 e. The molecule has 0 unspecified atom stereocenters. The summed E-state index contributed by atoms with van der Waals surface area (Å²) >= 11 is 5.93. The third-order valence-electron chi connectivity index (χ3n) is 4.13. The molecule has 2 aromatic carbocycles. The van der Waals surface area contributed by atoms with Gasteiger partial charge in [0.1, 0.15) is 5.82 Å². The Labute approximate surface area is 152 Å². The highest BCUT2D eigenvalue weighted by Gasteiger charge is 2.10. The van der Waals surface area contributed by atoms with Gasteiger partial charge in [-0.05, 0) is 43.2 Å². The second-order valence-corrected chi connectivity index (χ2v) is 6.47. The van der Waals surface area contributed by atoms with Gasteiger partial charge in [-0.2, -0.15) is 0 Å². The van der Waals surface area contributed by atoms with Crippen molar-refractivity contribution in [2.75, 3.05) is 6.54 Å². The lowest BCUT2D eigenvalue weighted by Crippen LogP contribution is -2.25. The molecule has 5 heteroatoms. The van der Waals surface area contributed by atoms with E-state index in [0.717, 1.165) is 37.1 Å². The fraction of sp³-hybridized carbons (Fsp3) is 0.300. The predicted molar refractivity (Wildman–Crippen MR) is 102 cm³/mol. The van der Waals surface area contributed by atoms with Crippen molar-refractivity contribution < 1.29 is 4.79 Å². The Morgan fingerprint density at radius 1 is 1.20 bits per heavy atom. The first kappa shape index (κ1) is 17.5. The number of nitrogens with zero attached hydrogens (tertiary/aromatic N) is 2. The number of aryl methyl sites for hydroxylation is 2. The second kappa shape index (κ2) is 8.17. The minimum Gasteiger partial charge on any atom is -0.352 e. The van der Waals surface area contributed by atoms with Crippen LogP contribution in [0.25, 0.3) is 11.0 Å². The van der Waals surface area contributed by atoms with E-state index in [1.54, 1.807) is 24.3 Å². The van der Waals surface area contributed by atoms with Gasteiger partial charge in [-0.3, -0.25) is 4.79 Å². The van der Waals surface area contributed by atoms with Crippen LogP contribution in [0.4, 0.5) is 0 Å². The first-order chi connectivity index (χ1) is 12.2. The van der Waals surface area contributed by atoms with Crippen LogP contribution in [0, 0.1) is 0 Å². The topological polar surface area (TPSA) is 46.9 Å². The summed E-state index contributed by atoms with van der Waals surface area (Å²) in [7, 11) is 0. The normalized spacial score (nSPS) is 11.0. The van der Waals surface area contributed by atoms with Gasteiger partial charge in [0.15, 0.2) is 0 Å². The Kier molecular flexibility index (Phi) is 5.71. The maximum atomic E-state index is 12.1. The number of aromatic nitrogens is 2. The molecule has 0 saturated carbocycles. The fourth-order valence-corrected chi connectivity index (χ4v) is 3.16. The zero-order valence-corrected chi connectivity index (χ0v) is 15.1. The number of amides is 1. The molecule has 0 spiro atoms. The first-order valence-corrected chi connectivity index (χ1v) is 9.04. The molecule has 0 bridgehead atoms. The summed E-state index contributed by atoms with van der Waals surface area (Å²) in [6.45, 7) is 3.75. The van der Waals surface area contributed by atoms with E-state index in [1.165, 1.54) is 5.52 Å². The Bertz CT molecular complexity index is 872. The van der Waals surface area contributed by atoms with Crippen molar-refractivity contribution in [2.24, 2.45) is 0 Å². The predicted octanol–water partition coefficient (Wildman–Crippen LogP) is 4.46. The van der Waals surface area contributed by atoms with Gasteiger partial charge in [0.25, 0.3) is 5.91 Å². The van der Waals surface area contributed by atoms with Crippen LogP contribution in [-0.2, 0) is 13.0 Å². The zero-order chi connectivity index (χ0) is 17.6. The van der Waals surface area contributed by atoms with E-state index in [4.69, 9.17) is 16.6 Å². The van der Waals surface area contributed by atoms with Crippen molar-refractivity contribution in [1.29, 1.82) is 0 Å². The molecular formula is C20H22ClN3O. The van der Waals surface area contributed by atoms with Crippen LogP contribution in [0.15, 0.2) is 48.5 Å². The number of para-hydroxylation sites is 2. The van der Waals surface area contributed by atoms with Gasteiger partial charge < -0.3 is 9.88 Å². The van der Waals surface area contributed by atoms with E-state index in [0.29, 0.717) is 17.1 Å². The highest BCUT2D eigenvalue weighted by atomic mass is 35.5. The van der Waals surface area contributed by atoms with E-state index in [2.05, 4.69) is 22.9 Å². The molecule has 130 valence electrons. The van der Waals surface area contributed by atoms with Crippen molar-refractivity contribution in [3.8, 4) is 0 Å². The Balaban J connectivity index is 1.59. The Morgan fingerprint density at radius 2 is 2.04 bits per heavy atom. The van der Waals surface area contributed by atoms with E-state index in [-0.39, 0.29) is 5.91 Å². The van der Waals surface area contributed by atoms with Crippen molar-refractivity contribution in [3.63, 3.8) is 0 Å². The lowest BCUT2D eigenvalue weighted by Gasteiger charge is -2.08. The van der Waals surface area contributed by atoms with Crippen molar-refractivity contribution in [3.05, 3.63) is 64.9 Å². The van der Waals surface area contributed by atoms with E-state index < -0.39 is 0 Å². The molecule has 0 aliphatic rings. The number of hydrogen-bond donors (Lipinski definition) is 1. The van der Waals surface area contributed by atoms with Gasteiger partial charge in [0.05, 0.1) is 11.0 Å². The maximum absolute atomic E-state index is 12.1. The monoisotopic (exact) mass is 355 g/mol. The number of halogens is 1. The molecule has 4 nitrogen and oxygen atoms in total. The van der Waals surface area contributed by atoms with Gasteiger partial charge in [0.2, 0.25) is 0 Å². The summed E-state index contributed by atoms with van der Waals surface area (Å²) in [6, 6.07) is 15.2. The average molecular weight is 356 g/mol. The number of carbonyl (C=O) groups excluding carboxylic acids is 1. The smallest absolute Gasteiger partial charge is 0.251 e. The standard InChI is InChI=1S/C20H22ClN3O/c1-2-13-24-18-10-4-3-9-17(18)23-19(24)11-6-12-22-20(25)15-7-5-8-16(21)14-15/h3-5,7-10,14H,2,6,11-13H2,1H3,(H,22,25). The van der Waals surface area contributed by atoms with Gasteiger partial charge in [-0.25, -0.2) is 4.98 Å². The van der Waals surface area contributed by atoms with Gasteiger partial charge in [0, 0.05) is 30.1 Å². The van der Waals surface area contributed by atoms with Crippen LogP contribution in [0.1, 0.15) is 35.9 Å². The van der Waals surface area contributed by atoms with Gasteiger partial charge in [-0.1, -0.05) is 36.7 Å². The van der Waals surface area contributed by atoms with E-state index in [9.17, 15) is 4.79 Å². The highest BCUT2D eigenvalue weighted by molar-refractivity contribution is 6.30. The van der Waals surface area contributed by atoms with Crippen LogP contribution in [0.3, 0.4) is 0 Å². The third kappa shape index (κ3) is 4.20. The number of carbonyl (C=O) groups is 1. The summed E-state index contributed by atoms with van der Waals surface area (Å²) in [4.78, 5) is 16.9. The summed E-state index contributed by atoms with van der Waals surface area (Å²) in [6.07, 6.45) is 2.75. The highest BCUT2D eigenvalue weighted by Crippen LogP contribution is 2.17. The lowest BCUT2D eigenvalue weighted by atomic mass is 10.2. The van der Waals surface area contributed by atoms with Gasteiger partial charge in [-0.15, -0.1) is 0 Å². The van der Waals surface area contributed by atoms with Crippen molar-refractivity contribution in [2.45, 2.75) is 32.7 Å². The number of rotatable bonds is 7. The molecule has 3 rings (SSSR count). The zero-order valence-electron chi connectivity index (χ0n) is 14.3. The second-order valence-electron chi connectivity index (χ2n) is 6.04. The summed E-state index contributed by atoms with van der Waals surface area (Å²) < 4.78 is 2.29. The minimum atomic E-state index is -0.0930. The number of imidazole rings is 1. The SMILES string of the molecule is CCCn1c(CCCNC(=O)c2cccc(Cl)c2)nc2ccccc21. The van der Waals surface area contributed by atoms with Crippen molar-refractivity contribution >= 4 is 28.5 Å². The molecule has 0 radical (unpaired) electrons. The molecule has 0 saturated heterocycles. The molecule has 1 aromatic heterocycles. The average Bonchev–Trinajstić information content (AvgIpc) is 2.97. The minimum absolute atomic E-state index is 0.0930. The van der Waals surface area contributed by atoms with E-state index in [1.807, 2.05) is 18.2 Å². The number of fused-ring (bicyclic) bond motifs is 1. The van der Waals surface area contributed by atoms with Crippen LogP contribution >= 0.6 is 11.6 Å². The largest absolute Gasteiger partial charge is 0.352 e. The number of hydrogen-bond acceptors (Lipinski definition) is 2. The van der Waals surface area contributed by atoms with Crippen LogP contribution < -0.4 is 5.32 Å². The summed E-state index contributed by atoms with van der Waals surface area (Å²) in [5.74, 6) is 0.990. The summed E-state index contributed by atoms with van der Waals surface area (Å²) in [5.41, 5.74) is 2.81. The number of benzene rings is 2. The fourth-order valence-electron chi connectivity index (χ4n) is 2.97. The molecule has 3 aromatic rings.